The number of amides is 1. The van der Waals surface area contributed by atoms with Crippen LogP contribution in [0.2, 0.25) is 0 Å². The molecule has 1 saturated heterocycles. The molecule has 16 heavy (non-hydrogen) atoms. The number of rotatable bonds is 4. The number of hydrogen-bond donors (Lipinski definition) is 1. The van der Waals surface area contributed by atoms with E-state index in [1.807, 2.05) is 0 Å². The molecule has 1 amide bonds. The number of piperidine rings is 1. The number of ether oxygens (including phenoxy) is 1. The molecule has 1 heterocycles. The molecule has 0 aromatic heterocycles. The van der Waals surface area contributed by atoms with Crippen molar-refractivity contribution in [3.8, 4) is 0 Å². The summed E-state index contributed by atoms with van der Waals surface area (Å²) in [6.45, 7) is 3.86. The van der Waals surface area contributed by atoms with Gasteiger partial charge in [-0.15, -0.1) is 0 Å². The largest absolute Gasteiger partial charge is 0.450 e. The van der Waals surface area contributed by atoms with Gasteiger partial charge in [0.15, 0.2) is 0 Å². The molecule has 1 rings (SSSR count). The Morgan fingerprint density at radius 2 is 2.00 bits per heavy atom. The quantitative estimate of drug-likeness (QED) is 0.767. The van der Waals surface area contributed by atoms with Gasteiger partial charge < -0.3 is 15.0 Å². The first-order valence-electron chi connectivity index (χ1n) is 5.78. The molecule has 5 heteroatoms. The first-order chi connectivity index (χ1) is 7.69. The van der Waals surface area contributed by atoms with Gasteiger partial charge in [-0.25, -0.2) is 4.79 Å². The molecule has 5 nitrogen and oxygen atoms in total. The molecule has 1 aliphatic rings. The number of nitrogens with one attached hydrogen (secondary N) is 1. The molecule has 0 aromatic carbocycles. The van der Waals surface area contributed by atoms with Gasteiger partial charge in [0.05, 0.1) is 13.2 Å². The topological polar surface area (TPSA) is 58.6 Å². The average Bonchev–Trinajstić information content (AvgIpc) is 2.30. The van der Waals surface area contributed by atoms with Crippen molar-refractivity contribution < 1.29 is 14.3 Å². The van der Waals surface area contributed by atoms with Crippen LogP contribution in [0.4, 0.5) is 4.79 Å². The summed E-state index contributed by atoms with van der Waals surface area (Å²) in [5.41, 5.74) is 0. The van der Waals surface area contributed by atoms with E-state index >= 15 is 0 Å². The highest BCUT2D eigenvalue weighted by Crippen LogP contribution is 2.18. The lowest BCUT2D eigenvalue weighted by Crippen LogP contribution is -2.41. The number of ketones is 1. The van der Waals surface area contributed by atoms with Crippen molar-refractivity contribution in [2.75, 3.05) is 33.3 Å². The molecule has 0 spiro atoms. The second kappa shape index (κ2) is 6.48. The van der Waals surface area contributed by atoms with Crippen molar-refractivity contribution in [1.82, 2.24) is 10.2 Å². The minimum atomic E-state index is -0.262. The van der Waals surface area contributed by atoms with Gasteiger partial charge in [-0.05, 0) is 26.8 Å². The molecule has 0 bridgehead atoms. The van der Waals surface area contributed by atoms with Crippen LogP contribution < -0.4 is 5.32 Å². The molecule has 0 aliphatic carbocycles. The van der Waals surface area contributed by atoms with E-state index in [-0.39, 0.29) is 17.8 Å². The molecule has 1 aliphatic heterocycles. The molecular formula is C11H20N2O3. The maximum absolute atomic E-state index is 11.6. The number of Topliss-reactive ketones (excluding diaryl/α,β-unsaturated/α-hetero) is 1. The summed E-state index contributed by atoms with van der Waals surface area (Å²) >= 11 is 0. The zero-order chi connectivity index (χ0) is 12.0. The van der Waals surface area contributed by atoms with Crippen LogP contribution in [0.5, 0.6) is 0 Å². The molecule has 0 aromatic rings. The van der Waals surface area contributed by atoms with E-state index in [0.29, 0.717) is 26.2 Å². The van der Waals surface area contributed by atoms with E-state index in [4.69, 9.17) is 4.74 Å². The second-order valence-electron chi connectivity index (χ2n) is 3.96. The SMILES string of the molecule is CCOC(=O)N1CCC(C(=O)CNC)CC1. The Kier molecular flexibility index (Phi) is 5.25. The van der Waals surface area contributed by atoms with E-state index in [1.54, 1.807) is 18.9 Å². The predicted molar refractivity (Wildman–Crippen MR) is 60.3 cm³/mol. The maximum atomic E-state index is 11.6. The van der Waals surface area contributed by atoms with Gasteiger partial charge in [0.1, 0.15) is 5.78 Å². The number of likely N-dealkylation sites (N-methyl/N-ethyl adjacent to an activating group) is 1. The lowest BCUT2D eigenvalue weighted by Gasteiger charge is -2.30. The average molecular weight is 228 g/mol. The van der Waals surface area contributed by atoms with Gasteiger partial charge in [-0.1, -0.05) is 0 Å². The number of likely N-dealkylation sites (tertiary alicyclic amines) is 1. The number of hydrogen-bond acceptors (Lipinski definition) is 4. The Labute approximate surface area is 96.1 Å². The lowest BCUT2D eigenvalue weighted by atomic mass is 9.92. The summed E-state index contributed by atoms with van der Waals surface area (Å²) in [5, 5.41) is 2.86. The van der Waals surface area contributed by atoms with Gasteiger partial charge in [0, 0.05) is 19.0 Å². The third-order valence-corrected chi connectivity index (χ3v) is 2.83. The fourth-order valence-corrected chi connectivity index (χ4v) is 1.92. The zero-order valence-electron chi connectivity index (χ0n) is 9.99. The van der Waals surface area contributed by atoms with Crippen LogP contribution in [0.1, 0.15) is 19.8 Å². The van der Waals surface area contributed by atoms with E-state index in [1.165, 1.54) is 0 Å². The molecule has 1 fully saturated rings. The highest BCUT2D eigenvalue weighted by Gasteiger charge is 2.27. The smallest absolute Gasteiger partial charge is 0.409 e. The highest BCUT2D eigenvalue weighted by molar-refractivity contribution is 5.83. The molecule has 92 valence electrons. The zero-order valence-corrected chi connectivity index (χ0v) is 9.99. The van der Waals surface area contributed by atoms with Gasteiger partial charge >= 0.3 is 6.09 Å². The Balaban J connectivity index is 2.33. The van der Waals surface area contributed by atoms with Gasteiger partial charge in [-0.2, -0.15) is 0 Å². The first kappa shape index (κ1) is 13.0. The number of carbonyl (C=O) groups is 2. The van der Waals surface area contributed by atoms with Crippen molar-refractivity contribution in [2.24, 2.45) is 5.92 Å². The Bertz CT molecular complexity index is 222. The van der Waals surface area contributed by atoms with Crippen LogP contribution in [-0.2, 0) is 9.53 Å². The van der Waals surface area contributed by atoms with Crippen LogP contribution in [0.3, 0.4) is 0 Å². The van der Waals surface area contributed by atoms with Crippen LogP contribution in [0.25, 0.3) is 0 Å². The van der Waals surface area contributed by atoms with E-state index < -0.39 is 0 Å². The van der Waals surface area contributed by atoms with Crippen LogP contribution in [-0.4, -0.2) is 50.1 Å². The Hall–Kier alpha value is -1.10. The van der Waals surface area contributed by atoms with Crippen LogP contribution >= 0.6 is 0 Å². The van der Waals surface area contributed by atoms with Crippen molar-refractivity contribution in [3.05, 3.63) is 0 Å². The molecule has 0 unspecified atom stereocenters. The van der Waals surface area contributed by atoms with E-state index in [9.17, 15) is 9.59 Å². The maximum Gasteiger partial charge on any atom is 0.409 e. The Morgan fingerprint density at radius 3 is 2.50 bits per heavy atom. The third kappa shape index (κ3) is 3.48. The van der Waals surface area contributed by atoms with Gasteiger partial charge in [0.25, 0.3) is 0 Å². The summed E-state index contributed by atoms with van der Waals surface area (Å²) in [7, 11) is 1.77. The minimum absolute atomic E-state index is 0.0955. The standard InChI is InChI=1S/C11H20N2O3/c1-3-16-11(15)13-6-4-9(5-7-13)10(14)8-12-2/h9,12H,3-8H2,1-2H3. The summed E-state index contributed by atoms with van der Waals surface area (Å²) < 4.78 is 4.91. The van der Waals surface area contributed by atoms with Crippen molar-refractivity contribution >= 4 is 11.9 Å². The van der Waals surface area contributed by atoms with Crippen LogP contribution in [0.15, 0.2) is 0 Å². The monoisotopic (exact) mass is 228 g/mol. The summed E-state index contributed by atoms with van der Waals surface area (Å²) in [5.74, 6) is 0.337. The molecular weight excluding hydrogens is 208 g/mol. The van der Waals surface area contributed by atoms with Crippen molar-refractivity contribution in [3.63, 3.8) is 0 Å². The van der Waals surface area contributed by atoms with E-state index in [2.05, 4.69) is 5.32 Å². The molecule has 0 saturated carbocycles. The van der Waals surface area contributed by atoms with Crippen LogP contribution in [0, 0.1) is 5.92 Å². The first-order valence-corrected chi connectivity index (χ1v) is 5.78. The third-order valence-electron chi connectivity index (χ3n) is 2.83. The second-order valence-corrected chi connectivity index (χ2v) is 3.96. The normalized spacial score (nSPS) is 17.2. The molecule has 0 radical (unpaired) electrons. The summed E-state index contributed by atoms with van der Waals surface area (Å²) in [4.78, 5) is 24.7. The van der Waals surface area contributed by atoms with Gasteiger partial charge in [-0.3, -0.25) is 4.79 Å². The fourth-order valence-electron chi connectivity index (χ4n) is 1.92. The predicted octanol–water partition coefficient (Wildman–Crippen LogP) is 0.643. The summed E-state index contributed by atoms with van der Waals surface area (Å²) in [6.07, 6.45) is 1.24. The lowest BCUT2D eigenvalue weighted by molar-refractivity contribution is -0.123. The summed E-state index contributed by atoms with van der Waals surface area (Å²) in [6, 6.07) is 0. The van der Waals surface area contributed by atoms with Gasteiger partial charge in [0.2, 0.25) is 0 Å². The van der Waals surface area contributed by atoms with E-state index in [0.717, 1.165) is 12.8 Å². The minimum Gasteiger partial charge on any atom is -0.450 e. The number of carbonyl (C=O) groups excluding carboxylic acids is 2. The van der Waals surface area contributed by atoms with Crippen molar-refractivity contribution in [1.29, 1.82) is 0 Å². The number of nitrogens with zero attached hydrogens (tertiary/aromatic N) is 1. The molecule has 0 atom stereocenters. The highest BCUT2D eigenvalue weighted by atomic mass is 16.6. The van der Waals surface area contributed by atoms with Crippen molar-refractivity contribution in [2.45, 2.75) is 19.8 Å². The molecule has 1 N–H and O–H groups in total. The Morgan fingerprint density at radius 1 is 1.38 bits per heavy atom. The fraction of sp³-hybridized carbons (Fsp3) is 0.818.